The van der Waals surface area contributed by atoms with Gasteiger partial charge in [0.15, 0.2) is 0 Å². The molecule has 0 aliphatic carbocycles. The molecule has 0 saturated carbocycles. The number of carbonyl (C=O) groups is 1. The standard InChI is InChI=1S/C19H17F3N2O2/c20-19(21,22)14-4-1-12(2-5-14)13-3-6-17-16(9-13)18(25)24-8-7-23-10-15(24)11-26-17/h1-6,9,15,23H,7-8,10-11H2/t15-/m1/s1. The van der Waals surface area contributed by atoms with Crippen molar-refractivity contribution in [2.75, 3.05) is 26.2 Å². The van der Waals surface area contributed by atoms with Gasteiger partial charge >= 0.3 is 6.18 Å². The summed E-state index contributed by atoms with van der Waals surface area (Å²) in [5.74, 6) is 0.415. The topological polar surface area (TPSA) is 41.6 Å². The minimum atomic E-state index is -4.37. The molecule has 4 nitrogen and oxygen atoms in total. The van der Waals surface area contributed by atoms with E-state index in [1.54, 1.807) is 23.1 Å². The zero-order valence-electron chi connectivity index (χ0n) is 13.8. The molecule has 1 saturated heterocycles. The van der Waals surface area contributed by atoms with Crippen LogP contribution in [0, 0.1) is 0 Å². The van der Waals surface area contributed by atoms with Gasteiger partial charge in [0, 0.05) is 19.6 Å². The van der Waals surface area contributed by atoms with Gasteiger partial charge in [-0.1, -0.05) is 18.2 Å². The van der Waals surface area contributed by atoms with E-state index in [0.29, 0.717) is 42.1 Å². The van der Waals surface area contributed by atoms with E-state index in [4.69, 9.17) is 4.74 Å². The minimum absolute atomic E-state index is 0.0156. The number of alkyl halides is 3. The fourth-order valence-electron chi connectivity index (χ4n) is 3.37. The molecule has 1 amide bonds. The van der Waals surface area contributed by atoms with Gasteiger partial charge in [0.2, 0.25) is 0 Å². The van der Waals surface area contributed by atoms with Crippen molar-refractivity contribution in [3.63, 3.8) is 0 Å². The third-order valence-corrected chi connectivity index (χ3v) is 4.80. The van der Waals surface area contributed by atoms with Crippen molar-refractivity contribution in [1.29, 1.82) is 0 Å². The number of hydrogen-bond donors (Lipinski definition) is 1. The molecule has 1 N–H and O–H groups in total. The Morgan fingerprint density at radius 1 is 1.08 bits per heavy atom. The summed E-state index contributed by atoms with van der Waals surface area (Å²) in [5, 5.41) is 3.25. The average Bonchev–Trinajstić information content (AvgIpc) is 2.78. The van der Waals surface area contributed by atoms with Gasteiger partial charge in [0.05, 0.1) is 17.2 Å². The van der Waals surface area contributed by atoms with Crippen LogP contribution in [0.15, 0.2) is 42.5 Å². The van der Waals surface area contributed by atoms with E-state index in [1.807, 2.05) is 0 Å². The molecule has 2 aliphatic rings. The molecule has 2 aliphatic heterocycles. The number of benzene rings is 2. The lowest BCUT2D eigenvalue weighted by molar-refractivity contribution is -0.137. The number of carbonyl (C=O) groups excluding carboxylic acids is 1. The third-order valence-electron chi connectivity index (χ3n) is 4.80. The van der Waals surface area contributed by atoms with Gasteiger partial charge in [-0.3, -0.25) is 4.79 Å². The second kappa shape index (κ2) is 6.32. The summed E-state index contributed by atoms with van der Waals surface area (Å²) in [6.07, 6.45) is -4.37. The molecule has 7 heteroatoms. The molecule has 0 unspecified atom stereocenters. The van der Waals surface area contributed by atoms with E-state index < -0.39 is 11.7 Å². The molecule has 4 rings (SSSR count). The molecule has 1 fully saturated rings. The molecule has 26 heavy (non-hydrogen) atoms. The van der Waals surface area contributed by atoms with Crippen molar-refractivity contribution in [3.8, 4) is 16.9 Å². The summed E-state index contributed by atoms with van der Waals surface area (Å²) in [6, 6.07) is 10.1. The van der Waals surface area contributed by atoms with Crippen LogP contribution in [-0.4, -0.2) is 43.1 Å². The Hall–Kier alpha value is -2.54. The summed E-state index contributed by atoms with van der Waals surface area (Å²) in [6.45, 7) is 2.45. The number of amides is 1. The fraction of sp³-hybridized carbons (Fsp3) is 0.316. The number of piperazine rings is 1. The van der Waals surface area contributed by atoms with Gasteiger partial charge in [-0.25, -0.2) is 0 Å². The van der Waals surface area contributed by atoms with Crippen molar-refractivity contribution in [3.05, 3.63) is 53.6 Å². The predicted molar refractivity (Wildman–Crippen MR) is 90.1 cm³/mol. The molecule has 136 valence electrons. The predicted octanol–water partition coefficient (Wildman–Crippen LogP) is 3.18. The van der Waals surface area contributed by atoms with E-state index in [0.717, 1.165) is 18.7 Å². The summed E-state index contributed by atoms with van der Waals surface area (Å²) >= 11 is 0. The maximum atomic E-state index is 12.9. The Morgan fingerprint density at radius 3 is 2.54 bits per heavy atom. The summed E-state index contributed by atoms with van der Waals surface area (Å²) in [4.78, 5) is 14.7. The number of halogens is 3. The summed E-state index contributed by atoms with van der Waals surface area (Å²) < 4.78 is 44.0. The molecule has 0 radical (unpaired) electrons. The summed E-state index contributed by atoms with van der Waals surface area (Å²) in [5.41, 5.74) is 1.06. The molecule has 0 bridgehead atoms. The van der Waals surface area contributed by atoms with Gasteiger partial charge in [0.1, 0.15) is 12.4 Å². The molecular weight excluding hydrogens is 345 g/mol. The number of hydrogen-bond acceptors (Lipinski definition) is 3. The van der Waals surface area contributed by atoms with Crippen LogP contribution < -0.4 is 10.1 Å². The zero-order valence-corrected chi connectivity index (χ0v) is 13.8. The van der Waals surface area contributed by atoms with E-state index in [1.165, 1.54) is 12.1 Å². The van der Waals surface area contributed by atoms with Gasteiger partial charge in [0.25, 0.3) is 5.91 Å². The first-order chi connectivity index (χ1) is 12.4. The first-order valence-electron chi connectivity index (χ1n) is 8.39. The second-order valence-electron chi connectivity index (χ2n) is 6.45. The van der Waals surface area contributed by atoms with Gasteiger partial charge < -0.3 is 15.0 Å². The number of fused-ring (bicyclic) bond motifs is 2. The third kappa shape index (κ3) is 3.03. The maximum Gasteiger partial charge on any atom is 0.416 e. The highest BCUT2D eigenvalue weighted by Crippen LogP contribution is 2.33. The van der Waals surface area contributed by atoms with Crippen LogP contribution in [0.1, 0.15) is 15.9 Å². The van der Waals surface area contributed by atoms with Crippen molar-refractivity contribution in [2.45, 2.75) is 12.2 Å². The van der Waals surface area contributed by atoms with E-state index >= 15 is 0 Å². The van der Waals surface area contributed by atoms with Crippen LogP contribution in [0.25, 0.3) is 11.1 Å². The number of nitrogens with one attached hydrogen (secondary N) is 1. The lowest BCUT2D eigenvalue weighted by Gasteiger charge is -2.33. The number of nitrogens with zero attached hydrogens (tertiary/aromatic N) is 1. The van der Waals surface area contributed by atoms with Crippen molar-refractivity contribution in [1.82, 2.24) is 10.2 Å². The largest absolute Gasteiger partial charge is 0.491 e. The van der Waals surface area contributed by atoms with Crippen LogP contribution in [-0.2, 0) is 6.18 Å². The Kier molecular flexibility index (Phi) is 4.11. The molecule has 0 aromatic heterocycles. The maximum absolute atomic E-state index is 12.9. The molecule has 0 spiro atoms. The zero-order chi connectivity index (χ0) is 18.3. The SMILES string of the molecule is O=C1c2cc(-c3ccc(C(F)(F)F)cc3)ccc2OC[C@H]2CNCCN12. The van der Waals surface area contributed by atoms with Crippen LogP contribution in [0.3, 0.4) is 0 Å². The van der Waals surface area contributed by atoms with Crippen LogP contribution in [0.2, 0.25) is 0 Å². The summed E-state index contributed by atoms with van der Waals surface area (Å²) in [7, 11) is 0. The lowest BCUT2D eigenvalue weighted by atomic mass is 10.0. The first-order valence-corrected chi connectivity index (χ1v) is 8.39. The normalized spacial score (nSPS) is 20.0. The Bertz CT molecular complexity index is 834. The monoisotopic (exact) mass is 362 g/mol. The number of rotatable bonds is 1. The number of ether oxygens (including phenoxy) is 1. The van der Waals surface area contributed by atoms with E-state index in [-0.39, 0.29) is 11.9 Å². The van der Waals surface area contributed by atoms with Crippen molar-refractivity contribution in [2.24, 2.45) is 0 Å². The van der Waals surface area contributed by atoms with Crippen LogP contribution in [0.4, 0.5) is 13.2 Å². The Morgan fingerprint density at radius 2 is 1.81 bits per heavy atom. The highest BCUT2D eigenvalue weighted by molar-refractivity contribution is 5.99. The Labute approximate surface area is 148 Å². The van der Waals surface area contributed by atoms with Crippen molar-refractivity contribution < 1.29 is 22.7 Å². The molecular formula is C19H17F3N2O2. The highest BCUT2D eigenvalue weighted by Gasteiger charge is 2.33. The average molecular weight is 362 g/mol. The molecule has 2 heterocycles. The highest BCUT2D eigenvalue weighted by atomic mass is 19.4. The second-order valence-corrected chi connectivity index (χ2v) is 6.45. The van der Waals surface area contributed by atoms with Crippen LogP contribution >= 0.6 is 0 Å². The fourth-order valence-corrected chi connectivity index (χ4v) is 3.37. The minimum Gasteiger partial charge on any atom is -0.491 e. The van der Waals surface area contributed by atoms with E-state index in [9.17, 15) is 18.0 Å². The molecule has 2 aromatic carbocycles. The van der Waals surface area contributed by atoms with Gasteiger partial charge in [-0.05, 0) is 35.4 Å². The van der Waals surface area contributed by atoms with Gasteiger partial charge in [-0.2, -0.15) is 13.2 Å². The van der Waals surface area contributed by atoms with Crippen molar-refractivity contribution >= 4 is 5.91 Å². The first kappa shape index (κ1) is 16.9. The molecule has 2 aromatic rings. The Balaban J connectivity index is 1.68. The van der Waals surface area contributed by atoms with Crippen LogP contribution in [0.5, 0.6) is 5.75 Å². The van der Waals surface area contributed by atoms with Gasteiger partial charge in [-0.15, -0.1) is 0 Å². The lowest BCUT2D eigenvalue weighted by Crippen LogP contribution is -2.54. The van der Waals surface area contributed by atoms with E-state index in [2.05, 4.69) is 5.32 Å². The quantitative estimate of drug-likeness (QED) is 0.847. The smallest absolute Gasteiger partial charge is 0.416 e. The molecule has 1 atom stereocenters.